The van der Waals surface area contributed by atoms with Gasteiger partial charge in [-0.1, -0.05) is 11.6 Å². The normalized spacial score (nSPS) is 16.3. The van der Waals surface area contributed by atoms with Gasteiger partial charge >= 0.3 is 0 Å². The van der Waals surface area contributed by atoms with Gasteiger partial charge in [0.1, 0.15) is 10.8 Å². The van der Waals surface area contributed by atoms with Crippen molar-refractivity contribution in [3.8, 4) is 5.75 Å². The second-order valence-electron chi connectivity index (χ2n) is 4.70. The van der Waals surface area contributed by atoms with Gasteiger partial charge in [-0.25, -0.2) is 0 Å². The number of nitro groups is 1. The zero-order chi connectivity index (χ0) is 13.7. The van der Waals surface area contributed by atoms with E-state index < -0.39 is 4.92 Å². The number of nitro benzene ring substituents is 1. The summed E-state index contributed by atoms with van der Waals surface area (Å²) in [7, 11) is 0. The molecule has 5 nitrogen and oxygen atoms in total. The fourth-order valence-electron chi connectivity index (χ4n) is 2.24. The third-order valence-corrected chi connectivity index (χ3v) is 3.69. The minimum atomic E-state index is -0.498. The molecule has 1 saturated heterocycles. The van der Waals surface area contributed by atoms with Gasteiger partial charge < -0.3 is 10.1 Å². The molecule has 0 radical (unpaired) electrons. The molecule has 2 rings (SSSR count). The summed E-state index contributed by atoms with van der Waals surface area (Å²) in [6, 6.07) is 4.54. The van der Waals surface area contributed by atoms with E-state index >= 15 is 0 Å². The zero-order valence-electron chi connectivity index (χ0n) is 10.6. The molecule has 1 aromatic rings. The highest BCUT2D eigenvalue weighted by Gasteiger charge is 2.15. The molecular formula is C13H17ClN2O3. The van der Waals surface area contributed by atoms with Crippen LogP contribution in [0.25, 0.3) is 0 Å². The van der Waals surface area contributed by atoms with Gasteiger partial charge in [0.25, 0.3) is 5.69 Å². The molecule has 0 amide bonds. The predicted octanol–water partition coefficient (Wildman–Crippen LogP) is 3.02. The highest BCUT2D eigenvalue weighted by atomic mass is 35.5. The molecule has 0 atom stereocenters. The van der Waals surface area contributed by atoms with Gasteiger partial charge in [0, 0.05) is 0 Å². The van der Waals surface area contributed by atoms with Crippen LogP contribution >= 0.6 is 11.6 Å². The van der Waals surface area contributed by atoms with E-state index in [1.807, 2.05) is 0 Å². The number of piperidine rings is 1. The van der Waals surface area contributed by atoms with Crippen molar-refractivity contribution in [2.24, 2.45) is 5.92 Å². The standard InChI is InChI=1S/C13H17ClN2O3/c14-12-2-1-11(9-13(12)16(17)18)19-8-5-10-3-6-15-7-4-10/h1-2,9-10,15H,3-8H2. The van der Waals surface area contributed by atoms with Crippen molar-refractivity contribution >= 4 is 17.3 Å². The lowest BCUT2D eigenvalue weighted by Gasteiger charge is -2.22. The number of ether oxygens (including phenoxy) is 1. The Bertz CT molecular complexity index is 448. The van der Waals surface area contributed by atoms with Crippen molar-refractivity contribution in [2.45, 2.75) is 19.3 Å². The second-order valence-corrected chi connectivity index (χ2v) is 5.11. The van der Waals surface area contributed by atoms with Gasteiger partial charge in [0.05, 0.1) is 17.6 Å². The lowest BCUT2D eigenvalue weighted by molar-refractivity contribution is -0.384. The van der Waals surface area contributed by atoms with Crippen LogP contribution in [-0.2, 0) is 0 Å². The zero-order valence-corrected chi connectivity index (χ0v) is 11.4. The van der Waals surface area contributed by atoms with E-state index in [0.717, 1.165) is 19.5 Å². The number of nitrogens with zero attached hydrogens (tertiary/aromatic N) is 1. The smallest absolute Gasteiger partial charge is 0.291 e. The molecule has 1 heterocycles. The van der Waals surface area contributed by atoms with Gasteiger partial charge in [-0.15, -0.1) is 0 Å². The Labute approximate surface area is 117 Å². The molecule has 6 heteroatoms. The number of benzene rings is 1. The van der Waals surface area contributed by atoms with Crippen molar-refractivity contribution in [2.75, 3.05) is 19.7 Å². The first-order valence-corrected chi connectivity index (χ1v) is 6.82. The molecule has 1 aromatic carbocycles. The molecule has 0 bridgehead atoms. The Kier molecular flexibility index (Phi) is 4.99. The maximum absolute atomic E-state index is 10.8. The quantitative estimate of drug-likeness (QED) is 0.667. The highest BCUT2D eigenvalue weighted by molar-refractivity contribution is 6.32. The largest absolute Gasteiger partial charge is 0.493 e. The summed E-state index contributed by atoms with van der Waals surface area (Å²) in [5.74, 6) is 1.19. The topological polar surface area (TPSA) is 64.4 Å². The summed E-state index contributed by atoms with van der Waals surface area (Å²) in [4.78, 5) is 10.3. The molecule has 1 aliphatic rings. The number of rotatable bonds is 5. The number of hydrogen-bond acceptors (Lipinski definition) is 4. The minimum absolute atomic E-state index is 0.110. The van der Waals surface area contributed by atoms with Crippen LogP contribution in [0.4, 0.5) is 5.69 Å². The molecule has 0 aromatic heterocycles. The molecule has 1 aliphatic heterocycles. The fourth-order valence-corrected chi connectivity index (χ4v) is 2.42. The highest BCUT2D eigenvalue weighted by Crippen LogP contribution is 2.28. The van der Waals surface area contributed by atoms with Crippen LogP contribution in [0.5, 0.6) is 5.75 Å². The van der Waals surface area contributed by atoms with Crippen LogP contribution in [0.3, 0.4) is 0 Å². The minimum Gasteiger partial charge on any atom is -0.493 e. The summed E-state index contributed by atoms with van der Waals surface area (Å²) in [5.41, 5.74) is -0.110. The number of hydrogen-bond donors (Lipinski definition) is 1. The SMILES string of the molecule is O=[N+]([O-])c1cc(OCCC2CCNCC2)ccc1Cl. The monoisotopic (exact) mass is 284 g/mol. The second kappa shape index (κ2) is 6.73. The first-order valence-electron chi connectivity index (χ1n) is 6.44. The van der Waals surface area contributed by atoms with Crippen molar-refractivity contribution in [1.29, 1.82) is 0 Å². The van der Waals surface area contributed by atoms with E-state index in [0.29, 0.717) is 18.3 Å². The van der Waals surface area contributed by atoms with Crippen molar-refractivity contribution in [1.82, 2.24) is 5.32 Å². The Balaban J connectivity index is 1.85. The first-order chi connectivity index (χ1) is 9.16. The number of nitrogens with one attached hydrogen (secondary N) is 1. The third-order valence-electron chi connectivity index (χ3n) is 3.37. The molecule has 0 spiro atoms. The fraction of sp³-hybridized carbons (Fsp3) is 0.538. The summed E-state index contributed by atoms with van der Waals surface area (Å²) < 4.78 is 5.57. The third kappa shape index (κ3) is 4.08. The predicted molar refractivity (Wildman–Crippen MR) is 73.8 cm³/mol. The van der Waals surface area contributed by atoms with E-state index in [2.05, 4.69) is 5.32 Å². The van der Waals surface area contributed by atoms with E-state index in [4.69, 9.17) is 16.3 Å². The summed E-state index contributed by atoms with van der Waals surface area (Å²) in [6.45, 7) is 2.72. The molecule has 1 fully saturated rings. The van der Waals surface area contributed by atoms with Crippen LogP contribution in [0.2, 0.25) is 5.02 Å². The molecule has 104 valence electrons. The van der Waals surface area contributed by atoms with Gasteiger partial charge in [0.15, 0.2) is 0 Å². The lowest BCUT2D eigenvalue weighted by atomic mass is 9.95. The number of halogens is 1. The molecule has 0 unspecified atom stereocenters. The van der Waals surface area contributed by atoms with Crippen LogP contribution in [0.15, 0.2) is 18.2 Å². The maximum atomic E-state index is 10.8. The van der Waals surface area contributed by atoms with Gasteiger partial charge in [-0.2, -0.15) is 0 Å². The Morgan fingerprint density at radius 3 is 2.84 bits per heavy atom. The van der Waals surface area contributed by atoms with Crippen LogP contribution < -0.4 is 10.1 Å². The van der Waals surface area contributed by atoms with E-state index in [9.17, 15) is 10.1 Å². The van der Waals surface area contributed by atoms with Gasteiger partial charge in [-0.3, -0.25) is 10.1 Å². The summed E-state index contributed by atoms with van der Waals surface area (Å²) in [5, 5.41) is 14.2. The Morgan fingerprint density at radius 2 is 2.16 bits per heavy atom. The molecular weight excluding hydrogens is 268 g/mol. The maximum Gasteiger partial charge on any atom is 0.291 e. The summed E-state index contributed by atoms with van der Waals surface area (Å²) >= 11 is 5.74. The van der Waals surface area contributed by atoms with Crippen LogP contribution in [0.1, 0.15) is 19.3 Å². The van der Waals surface area contributed by atoms with Crippen LogP contribution in [0, 0.1) is 16.0 Å². The van der Waals surface area contributed by atoms with Crippen molar-refractivity contribution < 1.29 is 9.66 Å². The first kappa shape index (κ1) is 14.1. The van der Waals surface area contributed by atoms with Crippen molar-refractivity contribution in [3.05, 3.63) is 33.3 Å². The summed E-state index contributed by atoms with van der Waals surface area (Å²) in [6.07, 6.45) is 3.33. The Morgan fingerprint density at radius 1 is 1.42 bits per heavy atom. The van der Waals surface area contributed by atoms with Crippen molar-refractivity contribution in [3.63, 3.8) is 0 Å². The van der Waals surface area contributed by atoms with Gasteiger partial charge in [-0.05, 0) is 50.4 Å². The molecule has 0 aliphatic carbocycles. The van der Waals surface area contributed by atoms with E-state index in [-0.39, 0.29) is 10.7 Å². The average molecular weight is 285 g/mol. The Hall–Kier alpha value is -1.33. The molecule has 1 N–H and O–H groups in total. The average Bonchev–Trinajstić information content (AvgIpc) is 2.41. The van der Waals surface area contributed by atoms with E-state index in [1.165, 1.54) is 25.0 Å². The van der Waals surface area contributed by atoms with E-state index in [1.54, 1.807) is 6.07 Å². The lowest BCUT2D eigenvalue weighted by Crippen LogP contribution is -2.28. The van der Waals surface area contributed by atoms with Gasteiger partial charge in [0.2, 0.25) is 0 Å². The molecule has 19 heavy (non-hydrogen) atoms. The molecule has 0 saturated carbocycles. The van der Waals surface area contributed by atoms with Crippen LogP contribution in [-0.4, -0.2) is 24.6 Å².